The first-order valence-corrected chi connectivity index (χ1v) is 8.31. The molecule has 0 unspecified atom stereocenters. The van der Waals surface area contributed by atoms with Crippen LogP contribution in [0.2, 0.25) is 5.02 Å². The molecule has 0 radical (unpaired) electrons. The molecule has 0 bridgehead atoms. The number of halogens is 1. The van der Waals surface area contributed by atoms with Crippen LogP contribution < -0.4 is 5.32 Å². The zero-order chi connectivity index (χ0) is 15.5. The van der Waals surface area contributed by atoms with Gasteiger partial charge in [-0.05, 0) is 37.1 Å². The average Bonchev–Trinajstić information content (AvgIpc) is 2.45. The minimum absolute atomic E-state index is 0.0143. The van der Waals surface area contributed by atoms with Gasteiger partial charge in [-0.1, -0.05) is 24.4 Å². The number of carbonyl (C=O) groups excluding carboxylic acids is 1. The summed E-state index contributed by atoms with van der Waals surface area (Å²) in [6.07, 6.45) is 3.65. The molecule has 1 rings (SSSR count). The number of rotatable bonds is 10. The molecular formula is C15H20ClNO3S. The van der Waals surface area contributed by atoms with E-state index in [9.17, 15) is 9.59 Å². The third-order valence-corrected chi connectivity index (χ3v) is 4.09. The first kappa shape index (κ1) is 17.9. The molecular weight excluding hydrogens is 310 g/mol. The van der Waals surface area contributed by atoms with Crippen LogP contribution in [0, 0.1) is 0 Å². The van der Waals surface area contributed by atoms with Gasteiger partial charge in [-0.15, -0.1) is 11.8 Å². The molecule has 0 saturated carbocycles. The zero-order valence-electron chi connectivity index (χ0n) is 11.8. The molecule has 0 aliphatic heterocycles. The molecule has 0 atom stereocenters. The van der Waals surface area contributed by atoms with E-state index >= 15 is 0 Å². The topological polar surface area (TPSA) is 66.4 Å². The van der Waals surface area contributed by atoms with Crippen molar-refractivity contribution in [1.82, 2.24) is 5.32 Å². The lowest BCUT2D eigenvalue weighted by atomic mass is 10.1. The predicted molar refractivity (Wildman–Crippen MR) is 85.9 cm³/mol. The van der Waals surface area contributed by atoms with Crippen molar-refractivity contribution >= 4 is 35.2 Å². The first-order chi connectivity index (χ1) is 10.1. The summed E-state index contributed by atoms with van der Waals surface area (Å²) in [4.78, 5) is 23.0. The van der Waals surface area contributed by atoms with Crippen LogP contribution >= 0.6 is 23.4 Å². The highest BCUT2D eigenvalue weighted by Crippen LogP contribution is 2.19. The van der Waals surface area contributed by atoms with Crippen molar-refractivity contribution in [1.29, 1.82) is 0 Å². The van der Waals surface area contributed by atoms with E-state index in [2.05, 4.69) is 5.32 Å². The number of hydrogen-bond donors (Lipinski definition) is 2. The van der Waals surface area contributed by atoms with Crippen molar-refractivity contribution in [2.24, 2.45) is 0 Å². The van der Waals surface area contributed by atoms with E-state index < -0.39 is 5.97 Å². The van der Waals surface area contributed by atoms with Crippen LogP contribution in [0.3, 0.4) is 0 Å². The summed E-state index contributed by atoms with van der Waals surface area (Å²) in [5.41, 5.74) is 0. The summed E-state index contributed by atoms with van der Waals surface area (Å²) in [6.45, 7) is 0.646. The fourth-order valence-corrected chi connectivity index (χ4v) is 2.57. The van der Waals surface area contributed by atoms with Gasteiger partial charge in [0.15, 0.2) is 0 Å². The van der Waals surface area contributed by atoms with Crippen LogP contribution in [0.5, 0.6) is 0 Å². The number of amides is 1. The second-order valence-corrected chi connectivity index (χ2v) is 6.14. The van der Waals surface area contributed by atoms with Crippen molar-refractivity contribution in [2.45, 2.75) is 37.0 Å². The molecule has 0 spiro atoms. The highest BCUT2D eigenvalue weighted by atomic mass is 35.5. The number of carboxylic acid groups (broad SMARTS) is 1. The highest BCUT2D eigenvalue weighted by molar-refractivity contribution is 8.00. The van der Waals surface area contributed by atoms with E-state index in [0.29, 0.717) is 23.7 Å². The van der Waals surface area contributed by atoms with Crippen molar-refractivity contribution in [3.05, 3.63) is 29.3 Å². The smallest absolute Gasteiger partial charge is 0.303 e. The number of benzene rings is 1. The minimum Gasteiger partial charge on any atom is -0.481 e. The van der Waals surface area contributed by atoms with E-state index in [1.807, 2.05) is 12.1 Å². The third kappa shape index (κ3) is 9.37. The second-order valence-electron chi connectivity index (χ2n) is 4.65. The lowest BCUT2D eigenvalue weighted by molar-refractivity contribution is -0.137. The first-order valence-electron chi connectivity index (χ1n) is 6.95. The molecule has 116 valence electrons. The summed E-state index contributed by atoms with van der Waals surface area (Å²) in [6, 6.07) is 7.39. The Morgan fingerprint density at radius 1 is 1.10 bits per heavy atom. The van der Waals surface area contributed by atoms with E-state index in [0.717, 1.165) is 24.2 Å². The minimum atomic E-state index is -0.748. The van der Waals surface area contributed by atoms with E-state index in [4.69, 9.17) is 16.7 Å². The SMILES string of the molecule is O=C(O)CCCCCCNC(=O)CSc1ccc(Cl)cc1. The van der Waals surface area contributed by atoms with Gasteiger partial charge in [0, 0.05) is 22.9 Å². The molecule has 1 amide bonds. The Labute approximate surface area is 134 Å². The largest absolute Gasteiger partial charge is 0.481 e. The zero-order valence-corrected chi connectivity index (χ0v) is 13.4. The van der Waals surface area contributed by atoms with Gasteiger partial charge in [-0.25, -0.2) is 0 Å². The van der Waals surface area contributed by atoms with Crippen molar-refractivity contribution in [3.63, 3.8) is 0 Å². The van der Waals surface area contributed by atoms with Crippen LogP contribution in [-0.2, 0) is 9.59 Å². The van der Waals surface area contributed by atoms with Crippen LogP contribution in [0.4, 0.5) is 0 Å². The number of unbranched alkanes of at least 4 members (excludes halogenated alkanes) is 3. The summed E-state index contributed by atoms with van der Waals surface area (Å²) in [7, 11) is 0. The molecule has 6 heteroatoms. The molecule has 2 N–H and O–H groups in total. The number of carboxylic acids is 1. The molecule has 0 saturated heterocycles. The normalized spacial score (nSPS) is 10.3. The monoisotopic (exact) mass is 329 g/mol. The molecule has 0 aromatic heterocycles. The van der Waals surface area contributed by atoms with Gasteiger partial charge in [0.25, 0.3) is 0 Å². The summed E-state index contributed by atoms with van der Waals surface area (Å²) >= 11 is 7.27. The van der Waals surface area contributed by atoms with Gasteiger partial charge < -0.3 is 10.4 Å². The average molecular weight is 330 g/mol. The van der Waals surface area contributed by atoms with Gasteiger partial charge >= 0.3 is 5.97 Å². The molecule has 1 aromatic rings. The Morgan fingerprint density at radius 3 is 2.43 bits per heavy atom. The molecule has 21 heavy (non-hydrogen) atoms. The van der Waals surface area contributed by atoms with E-state index in [1.54, 1.807) is 12.1 Å². The number of carbonyl (C=O) groups is 2. The lowest BCUT2D eigenvalue weighted by Crippen LogP contribution is -2.26. The standard InChI is InChI=1S/C15H20ClNO3S/c16-12-6-8-13(9-7-12)21-11-14(18)17-10-4-2-1-3-5-15(19)20/h6-9H,1-5,10-11H2,(H,17,18)(H,19,20). The fourth-order valence-electron chi connectivity index (χ4n) is 1.71. The Hall–Kier alpha value is -1.20. The lowest BCUT2D eigenvalue weighted by Gasteiger charge is -2.05. The van der Waals surface area contributed by atoms with Crippen LogP contribution in [0.25, 0.3) is 0 Å². The van der Waals surface area contributed by atoms with Gasteiger partial charge in [-0.3, -0.25) is 9.59 Å². The Balaban J connectivity index is 2.01. The van der Waals surface area contributed by atoms with E-state index in [-0.39, 0.29) is 12.3 Å². The number of hydrogen-bond acceptors (Lipinski definition) is 3. The number of aliphatic carboxylic acids is 1. The van der Waals surface area contributed by atoms with E-state index in [1.165, 1.54) is 11.8 Å². The van der Waals surface area contributed by atoms with Crippen LogP contribution in [0.1, 0.15) is 32.1 Å². The fraction of sp³-hybridized carbons (Fsp3) is 0.467. The molecule has 1 aromatic carbocycles. The summed E-state index contributed by atoms with van der Waals surface area (Å²) < 4.78 is 0. The Bertz CT molecular complexity index is 451. The Morgan fingerprint density at radius 2 is 1.76 bits per heavy atom. The van der Waals surface area contributed by atoms with Gasteiger partial charge in [0.1, 0.15) is 0 Å². The summed E-state index contributed by atoms with van der Waals surface area (Å²) in [5.74, 6) is -0.344. The van der Waals surface area contributed by atoms with Crippen LogP contribution in [0.15, 0.2) is 29.2 Å². The number of thioether (sulfide) groups is 1. The maximum absolute atomic E-state index is 11.6. The van der Waals surface area contributed by atoms with Gasteiger partial charge in [0.2, 0.25) is 5.91 Å². The predicted octanol–water partition coefficient (Wildman–Crippen LogP) is 3.58. The van der Waals surface area contributed by atoms with Crippen molar-refractivity contribution in [2.75, 3.05) is 12.3 Å². The molecule has 0 fully saturated rings. The number of nitrogens with one attached hydrogen (secondary N) is 1. The summed E-state index contributed by atoms with van der Waals surface area (Å²) in [5, 5.41) is 12.0. The Kier molecular flexibility index (Phi) is 8.94. The third-order valence-electron chi connectivity index (χ3n) is 2.82. The van der Waals surface area contributed by atoms with Crippen molar-refractivity contribution in [3.8, 4) is 0 Å². The maximum atomic E-state index is 11.6. The highest BCUT2D eigenvalue weighted by Gasteiger charge is 2.02. The molecule has 0 aliphatic carbocycles. The van der Waals surface area contributed by atoms with Crippen LogP contribution in [-0.4, -0.2) is 29.3 Å². The quantitative estimate of drug-likeness (QED) is 0.508. The van der Waals surface area contributed by atoms with Crippen molar-refractivity contribution < 1.29 is 14.7 Å². The maximum Gasteiger partial charge on any atom is 0.303 e. The molecule has 4 nitrogen and oxygen atoms in total. The van der Waals surface area contributed by atoms with Gasteiger partial charge in [0.05, 0.1) is 5.75 Å². The van der Waals surface area contributed by atoms with Gasteiger partial charge in [-0.2, -0.15) is 0 Å². The second kappa shape index (κ2) is 10.5. The molecule has 0 aliphatic rings. The molecule has 0 heterocycles.